The molecule has 27 heavy (non-hydrogen) atoms. The van der Waals surface area contributed by atoms with Gasteiger partial charge in [0.1, 0.15) is 17.9 Å². The van der Waals surface area contributed by atoms with Gasteiger partial charge in [-0.25, -0.2) is 4.98 Å². The van der Waals surface area contributed by atoms with Crippen molar-refractivity contribution in [3.05, 3.63) is 57.8 Å². The molecule has 1 aliphatic heterocycles. The lowest BCUT2D eigenvalue weighted by molar-refractivity contribution is -0.116. The number of amides is 1. The number of fused-ring (bicyclic) bond motifs is 2. The number of rotatable bonds is 4. The second kappa shape index (κ2) is 7.02. The van der Waals surface area contributed by atoms with Crippen LogP contribution in [-0.4, -0.2) is 20.0 Å². The van der Waals surface area contributed by atoms with Gasteiger partial charge >= 0.3 is 0 Å². The second-order valence-electron chi connectivity index (χ2n) is 7.11. The van der Waals surface area contributed by atoms with E-state index in [0.29, 0.717) is 17.6 Å². The zero-order valence-electron chi connectivity index (χ0n) is 15.8. The van der Waals surface area contributed by atoms with Crippen LogP contribution in [0.1, 0.15) is 36.8 Å². The Morgan fingerprint density at radius 1 is 1.26 bits per heavy atom. The highest BCUT2D eigenvalue weighted by atomic mass is 16.2. The Morgan fingerprint density at radius 3 is 2.89 bits per heavy atom. The SMILES string of the molecule is CCc1ccccc1NC(=O)Cn1c(C)cc2nc3n(c(=O)c21)CCCC3. The standard InChI is InChI=1S/C21H24N4O2/c1-3-15-8-4-5-9-16(15)23-19(26)13-25-14(2)12-17-20(25)21(27)24-11-7-6-10-18(24)22-17/h4-5,8-9,12H,3,6-7,10-11,13H2,1-2H3,(H,23,26). The highest BCUT2D eigenvalue weighted by Crippen LogP contribution is 2.20. The average molecular weight is 364 g/mol. The number of para-hydroxylation sites is 1. The molecule has 1 aromatic carbocycles. The molecule has 3 heterocycles. The highest BCUT2D eigenvalue weighted by Gasteiger charge is 2.20. The molecule has 0 aliphatic carbocycles. The Bertz CT molecular complexity index is 1080. The summed E-state index contributed by atoms with van der Waals surface area (Å²) in [7, 11) is 0. The van der Waals surface area contributed by atoms with E-state index in [0.717, 1.165) is 48.5 Å². The van der Waals surface area contributed by atoms with Crippen LogP contribution in [0.2, 0.25) is 0 Å². The number of carbonyl (C=O) groups excluding carboxylic acids is 1. The lowest BCUT2D eigenvalue weighted by Gasteiger charge is -2.17. The molecule has 4 rings (SSSR count). The zero-order valence-corrected chi connectivity index (χ0v) is 15.8. The lowest BCUT2D eigenvalue weighted by Crippen LogP contribution is -2.30. The molecule has 0 spiro atoms. The number of nitrogens with one attached hydrogen (secondary N) is 1. The van der Waals surface area contributed by atoms with Gasteiger partial charge in [0, 0.05) is 24.3 Å². The summed E-state index contributed by atoms with van der Waals surface area (Å²) in [6, 6.07) is 9.69. The number of carbonyl (C=O) groups is 1. The van der Waals surface area contributed by atoms with Crippen LogP contribution in [0.15, 0.2) is 35.1 Å². The van der Waals surface area contributed by atoms with Gasteiger partial charge in [-0.15, -0.1) is 0 Å². The number of anilines is 1. The van der Waals surface area contributed by atoms with Crippen molar-refractivity contribution in [3.8, 4) is 0 Å². The van der Waals surface area contributed by atoms with Gasteiger partial charge in [0.2, 0.25) is 5.91 Å². The molecular formula is C21H24N4O2. The van der Waals surface area contributed by atoms with Crippen LogP contribution in [0.25, 0.3) is 11.0 Å². The van der Waals surface area contributed by atoms with E-state index in [-0.39, 0.29) is 18.0 Å². The van der Waals surface area contributed by atoms with Crippen LogP contribution in [0, 0.1) is 6.92 Å². The summed E-state index contributed by atoms with van der Waals surface area (Å²) in [4.78, 5) is 30.4. The number of aryl methyl sites for hydroxylation is 3. The molecule has 0 saturated heterocycles. The molecule has 1 amide bonds. The molecule has 1 N–H and O–H groups in total. The van der Waals surface area contributed by atoms with E-state index in [1.807, 2.05) is 37.3 Å². The summed E-state index contributed by atoms with van der Waals surface area (Å²) in [6.07, 6.45) is 3.74. The molecule has 2 aromatic heterocycles. The van der Waals surface area contributed by atoms with E-state index in [2.05, 4.69) is 17.2 Å². The maximum absolute atomic E-state index is 13.0. The highest BCUT2D eigenvalue weighted by molar-refractivity contribution is 5.92. The Hall–Kier alpha value is -2.89. The third-order valence-corrected chi connectivity index (χ3v) is 5.30. The Morgan fingerprint density at radius 2 is 2.07 bits per heavy atom. The Balaban J connectivity index is 1.68. The Kier molecular flexibility index (Phi) is 4.56. The van der Waals surface area contributed by atoms with Gasteiger partial charge in [-0.05, 0) is 43.9 Å². The number of nitrogens with zero attached hydrogens (tertiary/aromatic N) is 3. The fourth-order valence-electron chi connectivity index (χ4n) is 3.88. The van der Waals surface area contributed by atoms with Gasteiger partial charge in [0.05, 0.1) is 5.52 Å². The van der Waals surface area contributed by atoms with Gasteiger partial charge in [-0.1, -0.05) is 25.1 Å². The Labute approximate surface area is 157 Å². The van der Waals surface area contributed by atoms with Crippen molar-refractivity contribution in [1.29, 1.82) is 0 Å². The minimum atomic E-state index is -0.140. The van der Waals surface area contributed by atoms with E-state index in [4.69, 9.17) is 0 Å². The maximum atomic E-state index is 13.0. The largest absolute Gasteiger partial charge is 0.330 e. The number of aromatic nitrogens is 3. The predicted molar refractivity (Wildman–Crippen MR) is 106 cm³/mol. The van der Waals surface area contributed by atoms with Crippen LogP contribution in [0.3, 0.4) is 0 Å². The number of hydrogen-bond acceptors (Lipinski definition) is 3. The topological polar surface area (TPSA) is 68.9 Å². The maximum Gasteiger partial charge on any atom is 0.278 e. The van der Waals surface area contributed by atoms with Crippen LogP contribution < -0.4 is 10.9 Å². The average Bonchev–Trinajstić information content (AvgIpc) is 2.97. The van der Waals surface area contributed by atoms with E-state index in [9.17, 15) is 9.59 Å². The quantitative estimate of drug-likeness (QED) is 0.774. The van der Waals surface area contributed by atoms with Crippen molar-refractivity contribution in [1.82, 2.24) is 14.1 Å². The van der Waals surface area contributed by atoms with Crippen LogP contribution in [0.5, 0.6) is 0 Å². The summed E-state index contributed by atoms with van der Waals surface area (Å²) >= 11 is 0. The van der Waals surface area contributed by atoms with Crippen LogP contribution >= 0.6 is 0 Å². The molecule has 6 heteroatoms. The summed E-state index contributed by atoms with van der Waals surface area (Å²) in [5.41, 5.74) is 3.97. The van der Waals surface area contributed by atoms with Crippen LogP contribution in [0.4, 0.5) is 5.69 Å². The molecule has 140 valence electrons. The van der Waals surface area contributed by atoms with Crippen molar-refractivity contribution < 1.29 is 4.79 Å². The minimum absolute atomic E-state index is 0.0374. The molecule has 3 aromatic rings. The fourth-order valence-corrected chi connectivity index (χ4v) is 3.88. The van der Waals surface area contributed by atoms with Crippen molar-refractivity contribution >= 4 is 22.6 Å². The van der Waals surface area contributed by atoms with Crippen molar-refractivity contribution in [2.45, 2.75) is 52.6 Å². The lowest BCUT2D eigenvalue weighted by atomic mass is 10.1. The van der Waals surface area contributed by atoms with E-state index in [1.165, 1.54) is 0 Å². The predicted octanol–water partition coefficient (Wildman–Crippen LogP) is 3.04. The van der Waals surface area contributed by atoms with E-state index >= 15 is 0 Å². The molecule has 0 atom stereocenters. The van der Waals surface area contributed by atoms with Gasteiger partial charge in [-0.3, -0.25) is 14.2 Å². The molecule has 1 aliphatic rings. The van der Waals surface area contributed by atoms with Crippen molar-refractivity contribution in [3.63, 3.8) is 0 Å². The summed E-state index contributed by atoms with van der Waals surface area (Å²) in [5.74, 6) is 0.718. The normalized spacial score (nSPS) is 13.6. The monoisotopic (exact) mass is 364 g/mol. The van der Waals surface area contributed by atoms with Crippen molar-refractivity contribution in [2.75, 3.05) is 5.32 Å². The van der Waals surface area contributed by atoms with Gasteiger partial charge in [0.15, 0.2) is 0 Å². The smallest absolute Gasteiger partial charge is 0.278 e. The van der Waals surface area contributed by atoms with E-state index in [1.54, 1.807) is 9.13 Å². The molecule has 6 nitrogen and oxygen atoms in total. The first kappa shape index (κ1) is 17.5. The summed E-state index contributed by atoms with van der Waals surface area (Å²) < 4.78 is 3.56. The summed E-state index contributed by atoms with van der Waals surface area (Å²) in [5, 5.41) is 2.98. The number of benzene rings is 1. The molecule has 0 fully saturated rings. The zero-order chi connectivity index (χ0) is 19.0. The van der Waals surface area contributed by atoms with E-state index < -0.39 is 0 Å². The third kappa shape index (κ3) is 3.16. The molecular weight excluding hydrogens is 340 g/mol. The third-order valence-electron chi connectivity index (χ3n) is 5.30. The van der Waals surface area contributed by atoms with Gasteiger partial charge in [-0.2, -0.15) is 0 Å². The minimum Gasteiger partial charge on any atom is -0.330 e. The van der Waals surface area contributed by atoms with Crippen molar-refractivity contribution in [2.24, 2.45) is 0 Å². The first-order chi connectivity index (χ1) is 13.1. The first-order valence-electron chi connectivity index (χ1n) is 9.55. The molecule has 0 radical (unpaired) electrons. The number of hydrogen-bond donors (Lipinski definition) is 1. The molecule has 0 bridgehead atoms. The van der Waals surface area contributed by atoms with Gasteiger partial charge in [0.25, 0.3) is 5.56 Å². The molecule has 0 unspecified atom stereocenters. The molecule has 0 saturated carbocycles. The van der Waals surface area contributed by atoms with Gasteiger partial charge < -0.3 is 9.88 Å². The fraction of sp³-hybridized carbons (Fsp3) is 0.381. The first-order valence-corrected chi connectivity index (χ1v) is 9.55. The summed E-state index contributed by atoms with van der Waals surface area (Å²) in [6.45, 7) is 4.78. The second-order valence-corrected chi connectivity index (χ2v) is 7.11. The van der Waals surface area contributed by atoms with Crippen LogP contribution in [-0.2, 0) is 30.7 Å².